The smallest absolute Gasteiger partial charge is 0.335 e. The Morgan fingerprint density at radius 1 is 1.04 bits per heavy atom. The molecule has 0 spiro atoms. The Labute approximate surface area is 158 Å². The van der Waals surface area contributed by atoms with Crippen molar-refractivity contribution < 1.29 is 19.5 Å². The van der Waals surface area contributed by atoms with Gasteiger partial charge in [0.25, 0.3) is 11.8 Å². The molecule has 7 heteroatoms. The highest BCUT2D eigenvalue weighted by molar-refractivity contribution is 9.10. The molecule has 0 saturated carbocycles. The van der Waals surface area contributed by atoms with Crippen LogP contribution in [0, 0.1) is 13.8 Å². The van der Waals surface area contributed by atoms with Gasteiger partial charge in [-0.15, -0.1) is 0 Å². The van der Waals surface area contributed by atoms with E-state index in [1.807, 2.05) is 19.9 Å². The molecule has 0 aromatic heterocycles. The lowest BCUT2D eigenvalue weighted by Crippen LogP contribution is -2.54. The molecule has 4 amide bonds. The molecule has 132 valence electrons. The number of rotatable bonds is 2. The molecule has 3 rings (SSSR count). The van der Waals surface area contributed by atoms with Gasteiger partial charge in [-0.1, -0.05) is 12.1 Å². The maximum absolute atomic E-state index is 12.8. The van der Waals surface area contributed by atoms with Gasteiger partial charge in [-0.2, -0.15) is 0 Å². The Bertz CT molecular complexity index is 981. The van der Waals surface area contributed by atoms with Gasteiger partial charge in [0.1, 0.15) is 11.3 Å². The van der Waals surface area contributed by atoms with E-state index >= 15 is 0 Å². The average molecular weight is 415 g/mol. The SMILES string of the molecule is Cc1ccc(N2C(=O)NC(=O)C(=Cc3ccc(O)c(Br)c3)C2=O)cc1C. The molecule has 26 heavy (non-hydrogen) atoms. The number of hydrogen-bond donors (Lipinski definition) is 2. The highest BCUT2D eigenvalue weighted by atomic mass is 79.9. The standard InChI is InChI=1S/C19H15BrN2O4/c1-10-3-5-13(7-11(10)2)22-18(25)14(17(24)21-19(22)26)8-12-4-6-16(23)15(20)9-12/h3-9,23H,1-2H3,(H,21,24,26). The number of halogens is 1. The molecule has 1 heterocycles. The first-order valence-electron chi connectivity index (χ1n) is 7.75. The van der Waals surface area contributed by atoms with Crippen LogP contribution in [0.4, 0.5) is 10.5 Å². The van der Waals surface area contributed by atoms with Gasteiger partial charge in [0.15, 0.2) is 0 Å². The van der Waals surface area contributed by atoms with Gasteiger partial charge in [-0.05, 0) is 76.8 Å². The molecule has 1 saturated heterocycles. The predicted molar refractivity (Wildman–Crippen MR) is 101 cm³/mol. The lowest BCUT2D eigenvalue weighted by atomic mass is 10.1. The normalized spacial score (nSPS) is 16.2. The fraction of sp³-hybridized carbons (Fsp3) is 0.105. The number of anilines is 1. The maximum atomic E-state index is 12.8. The van der Waals surface area contributed by atoms with Crippen LogP contribution in [0.15, 0.2) is 46.4 Å². The molecule has 2 N–H and O–H groups in total. The highest BCUT2D eigenvalue weighted by Crippen LogP contribution is 2.27. The molecule has 2 aromatic rings. The molecule has 0 radical (unpaired) electrons. The first kappa shape index (κ1) is 17.9. The van der Waals surface area contributed by atoms with Crippen LogP contribution in [0.2, 0.25) is 0 Å². The van der Waals surface area contributed by atoms with Crippen LogP contribution in [-0.4, -0.2) is 23.0 Å². The predicted octanol–water partition coefficient (Wildman–Crippen LogP) is 3.44. The second-order valence-corrected chi connectivity index (χ2v) is 6.79. The third-order valence-electron chi connectivity index (χ3n) is 4.13. The number of hydrogen-bond acceptors (Lipinski definition) is 4. The Morgan fingerprint density at radius 2 is 1.77 bits per heavy atom. The van der Waals surface area contributed by atoms with Crippen LogP contribution in [0.1, 0.15) is 16.7 Å². The van der Waals surface area contributed by atoms with Crippen molar-refractivity contribution in [3.63, 3.8) is 0 Å². The number of amides is 4. The fourth-order valence-electron chi connectivity index (χ4n) is 2.54. The zero-order chi connectivity index (χ0) is 19.0. The van der Waals surface area contributed by atoms with Crippen molar-refractivity contribution >= 4 is 45.5 Å². The summed E-state index contributed by atoms with van der Waals surface area (Å²) in [5.74, 6) is -1.42. The summed E-state index contributed by atoms with van der Waals surface area (Å²) < 4.78 is 0.428. The molecule has 2 aromatic carbocycles. The molecule has 0 bridgehead atoms. The van der Waals surface area contributed by atoms with Gasteiger partial charge in [-0.3, -0.25) is 14.9 Å². The quantitative estimate of drug-likeness (QED) is 0.581. The summed E-state index contributed by atoms with van der Waals surface area (Å²) >= 11 is 3.18. The summed E-state index contributed by atoms with van der Waals surface area (Å²) in [5.41, 5.74) is 2.70. The number of nitrogens with zero attached hydrogens (tertiary/aromatic N) is 1. The van der Waals surface area contributed by atoms with Crippen molar-refractivity contribution in [2.24, 2.45) is 0 Å². The van der Waals surface area contributed by atoms with Crippen LogP contribution >= 0.6 is 15.9 Å². The number of carbonyl (C=O) groups is 3. The number of imide groups is 2. The highest BCUT2D eigenvalue weighted by Gasteiger charge is 2.36. The molecule has 0 unspecified atom stereocenters. The number of urea groups is 1. The zero-order valence-electron chi connectivity index (χ0n) is 14.0. The Kier molecular flexibility index (Phi) is 4.65. The van der Waals surface area contributed by atoms with Gasteiger partial charge in [0, 0.05) is 0 Å². The number of phenols is 1. The van der Waals surface area contributed by atoms with Crippen LogP contribution in [0.3, 0.4) is 0 Å². The van der Waals surface area contributed by atoms with Gasteiger partial charge in [0.2, 0.25) is 0 Å². The number of phenolic OH excluding ortho intramolecular Hbond substituents is 1. The lowest BCUT2D eigenvalue weighted by molar-refractivity contribution is -0.122. The van der Waals surface area contributed by atoms with Gasteiger partial charge >= 0.3 is 6.03 Å². The summed E-state index contributed by atoms with van der Waals surface area (Å²) in [4.78, 5) is 38.1. The zero-order valence-corrected chi connectivity index (χ0v) is 15.6. The van der Waals surface area contributed by atoms with Crippen LogP contribution in [0.25, 0.3) is 6.08 Å². The maximum Gasteiger partial charge on any atom is 0.335 e. The van der Waals surface area contributed by atoms with Crippen molar-refractivity contribution in [2.75, 3.05) is 4.90 Å². The Hall–Kier alpha value is -2.93. The number of aryl methyl sites for hydroxylation is 2. The van der Waals surface area contributed by atoms with Gasteiger partial charge in [-0.25, -0.2) is 9.69 Å². The van der Waals surface area contributed by atoms with E-state index in [-0.39, 0.29) is 11.3 Å². The summed E-state index contributed by atoms with van der Waals surface area (Å²) in [6.07, 6.45) is 1.38. The van der Waals surface area contributed by atoms with E-state index < -0.39 is 17.8 Å². The minimum Gasteiger partial charge on any atom is -0.507 e. The summed E-state index contributed by atoms with van der Waals surface area (Å²) in [6, 6.07) is 8.97. The minimum absolute atomic E-state index is 0.0403. The molecule has 1 aliphatic rings. The number of carbonyl (C=O) groups excluding carboxylic acids is 3. The molecular weight excluding hydrogens is 400 g/mol. The molecule has 1 aliphatic heterocycles. The topological polar surface area (TPSA) is 86.7 Å². The third-order valence-corrected chi connectivity index (χ3v) is 4.77. The van der Waals surface area contributed by atoms with E-state index in [1.165, 1.54) is 12.1 Å². The molecule has 0 aliphatic carbocycles. The molecule has 0 atom stereocenters. The number of aromatic hydroxyl groups is 1. The first-order valence-corrected chi connectivity index (χ1v) is 8.54. The van der Waals surface area contributed by atoms with Crippen molar-refractivity contribution in [3.8, 4) is 5.75 Å². The molecule has 1 fully saturated rings. The van der Waals surface area contributed by atoms with E-state index in [4.69, 9.17) is 0 Å². The average Bonchev–Trinajstić information content (AvgIpc) is 2.57. The van der Waals surface area contributed by atoms with Crippen molar-refractivity contribution in [1.82, 2.24) is 5.32 Å². The van der Waals surface area contributed by atoms with Gasteiger partial charge in [0.05, 0.1) is 10.2 Å². The van der Waals surface area contributed by atoms with E-state index in [1.54, 1.807) is 24.3 Å². The molecular formula is C19H15BrN2O4. The van der Waals surface area contributed by atoms with Crippen LogP contribution in [0.5, 0.6) is 5.75 Å². The Morgan fingerprint density at radius 3 is 2.42 bits per heavy atom. The van der Waals surface area contributed by atoms with Gasteiger partial charge < -0.3 is 5.11 Å². The first-order chi connectivity index (χ1) is 12.3. The number of nitrogens with one attached hydrogen (secondary N) is 1. The summed E-state index contributed by atoms with van der Waals surface area (Å²) in [5, 5.41) is 11.7. The minimum atomic E-state index is -0.785. The largest absolute Gasteiger partial charge is 0.507 e. The van der Waals surface area contributed by atoms with Crippen LogP contribution in [-0.2, 0) is 9.59 Å². The molecule has 6 nitrogen and oxygen atoms in total. The fourth-order valence-corrected chi connectivity index (χ4v) is 2.93. The van der Waals surface area contributed by atoms with Crippen molar-refractivity contribution in [3.05, 3.63) is 63.1 Å². The summed E-state index contributed by atoms with van der Waals surface area (Å²) in [6.45, 7) is 3.80. The van der Waals surface area contributed by atoms with Crippen molar-refractivity contribution in [1.29, 1.82) is 0 Å². The van der Waals surface area contributed by atoms with E-state index in [2.05, 4.69) is 21.2 Å². The second kappa shape index (κ2) is 6.76. The van der Waals surface area contributed by atoms with Crippen LogP contribution < -0.4 is 10.2 Å². The van der Waals surface area contributed by atoms with Crippen molar-refractivity contribution in [2.45, 2.75) is 13.8 Å². The lowest BCUT2D eigenvalue weighted by Gasteiger charge is -2.26. The number of barbiturate groups is 1. The third kappa shape index (κ3) is 3.25. The van der Waals surface area contributed by atoms with E-state index in [0.29, 0.717) is 15.7 Å². The van der Waals surface area contributed by atoms with E-state index in [9.17, 15) is 19.5 Å². The second-order valence-electron chi connectivity index (χ2n) is 5.94. The Balaban J connectivity index is 2.03. The summed E-state index contributed by atoms with van der Waals surface area (Å²) in [7, 11) is 0. The number of benzene rings is 2. The monoisotopic (exact) mass is 414 g/mol. The van der Waals surface area contributed by atoms with E-state index in [0.717, 1.165) is 16.0 Å².